The standard InChI is InChI=1S/C9H8F2INO2S/c10-6-3-4-7(8(11)9(6)12)13-16(14,15)5-1-2-5/h3-5,13H,1-2H2. The molecule has 1 fully saturated rings. The highest BCUT2D eigenvalue weighted by molar-refractivity contribution is 14.1. The number of sulfonamides is 1. The van der Waals surface area contributed by atoms with Gasteiger partial charge in [-0.15, -0.1) is 0 Å². The van der Waals surface area contributed by atoms with E-state index in [1.807, 2.05) is 0 Å². The minimum Gasteiger partial charge on any atom is -0.280 e. The van der Waals surface area contributed by atoms with Gasteiger partial charge in [0.1, 0.15) is 5.82 Å². The van der Waals surface area contributed by atoms with Gasteiger partial charge in [-0.3, -0.25) is 4.72 Å². The molecule has 0 aliphatic heterocycles. The number of hydrogen-bond donors (Lipinski definition) is 1. The van der Waals surface area contributed by atoms with Crippen LogP contribution in [0.15, 0.2) is 12.1 Å². The monoisotopic (exact) mass is 359 g/mol. The molecule has 0 saturated heterocycles. The molecule has 1 saturated carbocycles. The maximum Gasteiger partial charge on any atom is 0.235 e. The van der Waals surface area contributed by atoms with Crippen LogP contribution in [-0.2, 0) is 10.0 Å². The van der Waals surface area contributed by atoms with Crippen LogP contribution in [0.1, 0.15) is 12.8 Å². The van der Waals surface area contributed by atoms with Crippen molar-refractivity contribution in [3.8, 4) is 0 Å². The van der Waals surface area contributed by atoms with Gasteiger partial charge in [0.05, 0.1) is 14.5 Å². The Morgan fingerprint density at radius 1 is 1.31 bits per heavy atom. The van der Waals surface area contributed by atoms with Gasteiger partial charge < -0.3 is 0 Å². The zero-order valence-electron chi connectivity index (χ0n) is 8.00. The molecule has 7 heteroatoms. The van der Waals surface area contributed by atoms with Gasteiger partial charge in [-0.25, -0.2) is 17.2 Å². The second-order valence-corrected chi connectivity index (χ2v) is 6.61. The van der Waals surface area contributed by atoms with Crippen molar-refractivity contribution >= 4 is 38.3 Å². The van der Waals surface area contributed by atoms with Crippen LogP contribution < -0.4 is 4.72 Å². The summed E-state index contributed by atoms with van der Waals surface area (Å²) in [5.74, 6) is -1.57. The molecule has 0 heterocycles. The molecule has 1 aromatic carbocycles. The van der Waals surface area contributed by atoms with Crippen molar-refractivity contribution in [2.24, 2.45) is 0 Å². The Morgan fingerprint density at radius 3 is 2.50 bits per heavy atom. The third-order valence-corrected chi connectivity index (χ3v) is 5.09. The van der Waals surface area contributed by atoms with Crippen LogP contribution in [0.25, 0.3) is 0 Å². The number of benzene rings is 1. The second-order valence-electron chi connectivity index (χ2n) is 3.57. The van der Waals surface area contributed by atoms with Gasteiger partial charge in [0.15, 0.2) is 5.82 Å². The molecule has 0 atom stereocenters. The van der Waals surface area contributed by atoms with E-state index in [1.54, 1.807) is 0 Å². The quantitative estimate of drug-likeness (QED) is 0.666. The molecule has 1 aromatic rings. The fraction of sp³-hybridized carbons (Fsp3) is 0.333. The number of nitrogens with one attached hydrogen (secondary N) is 1. The van der Waals surface area contributed by atoms with Gasteiger partial charge in [0.2, 0.25) is 10.0 Å². The Kier molecular flexibility index (Phi) is 3.08. The molecule has 1 aliphatic rings. The molecule has 0 spiro atoms. The lowest BCUT2D eigenvalue weighted by Gasteiger charge is -2.09. The first-order chi connectivity index (χ1) is 7.42. The molecular weight excluding hydrogens is 351 g/mol. The third-order valence-electron chi connectivity index (χ3n) is 2.25. The Labute approximate surface area is 105 Å². The van der Waals surface area contributed by atoms with Crippen molar-refractivity contribution in [3.63, 3.8) is 0 Å². The molecule has 0 unspecified atom stereocenters. The molecule has 0 amide bonds. The van der Waals surface area contributed by atoms with Gasteiger partial charge in [0, 0.05) is 0 Å². The minimum atomic E-state index is -3.51. The fourth-order valence-corrected chi connectivity index (χ4v) is 3.08. The Hall–Kier alpha value is -0.440. The van der Waals surface area contributed by atoms with Crippen molar-refractivity contribution < 1.29 is 17.2 Å². The summed E-state index contributed by atoms with van der Waals surface area (Å²) < 4.78 is 51.4. The third kappa shape index (κ3) is 2.29. The van der Waals surface area contributed by atoms with Crippen LogP contribution in [0.5, 0.6) is 0 Å². The van der Waals surface area contributed by atoms with Gasteiger partial charge in [-0.2, -0.15) is 0 Å². The number of rotatable bonds is 3. The van der Waals surface area contributed by atoms with Crippen LogP contribution in [0.2, 0.25) is 0 Å². The normalized spacial score (nSPS) is 16.2. The van der Waals surface area contributed by atoms with Gasteiger partial charge >= 0.3 is 0 Å². The highest BCUT2D eigenvalue weighted by Gasteiger charge is 2.36. The van der Waals surface area contributed by atoms with Gasteiger partial charge in [-0.1, -0.05) is 0 Å². The van der Waals surface area contributed by atoms with E-state index < -0.39 is 26.9 Å². The fourth-order valence-electron chi connectivity index (χ4n) is 1.22. The average molecular weight is 359 g/mol. The van der Waals surface area contributed by atoms with Crippen molar-refractivity contribution in [2.45, 2.75) is 18.1 Å². The summed E-state index contributed by atoms with van der Waals surface area (Å²) >= 11 is 1.49. The van der Waals surface area contributed by atoms with Crippen molar-refractivity contribution in [3.05, 3.63) is 27.3 Å². The highest BCUT2D eigenvalue weighted by Crippen LogP contribution is 2.31. The van der Waals surface area contributed by atoms with E-state index in [9.17, 15) is 17.2 Å². The molecule has 0 bridgehead atoms. The minimum absolute atomic E-state index is 0.197. The lowest BCUT2D eigenvalue weighted by Crippen LogP contribution is -2.18. The smallest absolute Gasteiger partial charge is 0.235 e. The predicted octanol–water partition coefficient (Wildman–Crippen LogP) is 2.47. The van der Waals surface area contributed by atoms with E-state index in [0.29, 0.717) is 12.8 Å². The molecule has 0 radical (unpaired) electrons. The summed E-state index contributed by atoms with van der Waals surface area (Å²) in [7, 11) is -3.51. The molecule has 1 aliphatic carbocycles. The van der Waals surface area contributed by atoms with Crippen LogP contribution >= 0.6 is 22.6 Å². The first-order valence-electron chi connectivity index (χ1n) is 4.57. The van der Waals surface area contributed by atoms with E-state index in [0.717, 1.165) is 12.1 Å². The van der Waals surface area contributed by atoms with Crippen molar-refractivity contribution in [2.75, 3.05) is 4.72 Å². The summed E-state index contributed by atoms with van der Waals surface area (Å²) in [6.45, 7) is 0. The van der Waals surface area contributed by atoms with Crippen LogP contribution in [0.4, 0.5) is 14.5 Å². The summed E-state index contributed by atoms with van der Waals surface area (Å²) in [6, 6.07) is 2.13. The Balaban J connectivity index is 2.32. The van der Waals surface area contributed by atoms with Gasteiger partial charge in [0.25, 0.3) is 0 Å². The number of hydrogen-bond acceptors (Lipinski definition) is 2. The van der Waals surface area contributed by atoms with E-state index in [-0.39, 0.29) is 9.26 Å². The molecule has 0 aromatic heterocycles. The van der Waals surface area contributed by atoms with E-state index in [4.69, 9.17) is 0 Å². The summed E-state index contributed by atoms with van der Waals surface area (Å²) in [5, 5.41) is -0.436. The summed E-state index contributed by atoms with van der Waals surface area (Å²) in [6.07, 6.45) is 1.18. The molecule has 2 rings (SSSR count). The van der Waals surface area contributed by atoms with E-state index in [2.05, 4.69) is 4.72 Å². The summed E-state index contributed by atoms with van der Waals surface area (Å²) in [5.41, 5.74) is -0.197. The predicted molar refractivity (Wildman–Crippen MR) is 64.6 cm³/mol. The Morgan fingerprint density at radius 2 is 1.94 bits per heavy atom. The molecule has 3 nitrogen and oxygen atoms in total. The second kappa shape index (κ2) is 4.10. The largest absolute Gasteiger partial charge is 0.280 e. The lowest BCUT2D eigenvalue weighted by molar-refractivity contribution is 0.571. The first-order valence-corrected chi connectivity index (χ1v) is 7.19. The average Bonchev–Trinajstić information content (AvgIpc) is 3.02. The van der Waals surface area contributed by atoms with Crippen LogP contribution in [-0.4, -0.2) is 13.7 Å². The first kappa shape index (κ1) is 12.0. The zero-order chi connectivity index (χ0) is 11.9. The van der Waals surface area contributed by atoms with E-state index >= 15 is 0 Å². The topological polar surface area (TPSA) is 46.2 Å². The number of anilines is 1. The van der Waals surface area contributed by atoms with Crippen molar-refractivity contribution in [1.82, 2.24) is 0 Å². The van der Waals surface area contributed by atoms with Crippen LogP contribution in [0, 0.1) is 15.2 Å². The Bertz CT molecular complexity index is 529. The highest BCUT2D eigenvalue weighted by atomic mass is 127. The van der Waals surface area contributed by atoms with Gasteiger partial charge in [-0.05, 0) is 47.6 Å². The SMILES string of the molecule is O=S(=O)(Nc1ccc(F)c(I)c1F)C1CC1. The maximum atomic E-state index is 13.5. The summed E-state index contributed by atoms with van der Waals surface area (Å²) in [4.78, 5) is 0. The molecular formula is C9H8F2INO2S. The van der Waals surface area contributed by atoms with E-state index in [1.165, 1.54) is 22.6 Å². The zero-order valence-corrected chi connectivity index (χ0v) is 11.0. The van der Waals surface area contributed by atoms with Crippen LogP contribution in [0.3, 0.4) is 0 Å². The molecule has 1 N–H and O–H groups in total. The molecule has 88 valence electrons. The lowest BCUT2D eigenvalue weighted by atomic mass is 10.3. The number of halogens is 3. The maximum absolute atomic E-state index is 13.5. The van der Waals surface area contributed by atoms with Crippen molar-refractivity contribution in [1.29, 1.82) is 0 Å². The molecule has 16 heavy (non-hydrogen) atoms.